The quantitative estimate of drug-likeness (QED) is 0.780. The number of rotatable bonds is 7. The van der Waals surface area contributed by atoms with Crippen molar-refractivity contribution in [2.75, 3.05) is 27.2 Å². The highest BCUT2D eigenvalue weighted by Gasteiger charge is 2.32. The van der Waals surface area contributed by atoms with Crippen molar-refractivity contribution in [3.8, 4) is 0 Å². The fourth-order valence-corrected chi connectivity index (χ4v) is 3.23. The smallest absolute Gasteiger partial charge is 0.225 e. The van der Waals surface area contributed by atoms with Gasteiger partial charge in [0.05, 0.1) is 12.0 Å². The monoisotopic (exact) mass is 284 g/mol. The van der Waals surface area contributed by atoms with Crippen molar-refractivity contribution < 1.29 is 9.90 Å². The number of aliphatic hydroxyl groups is 1. The molecule has 0 radical (unpaired) electrons. The molecule has 0 aromatic heterocycles. The van der Waals surface area contributed by atoms with Crippen molar-refractivity contribution in [2.45, 2.75) is 70.4 Å². The van der Waals surface area contributed by atoms with Gasteiger partial charge in [0.25, 0.3) is 0 Å². The zero-order valence-corrected chi connectivity index (χ0v) is 13.7. The van der Waals surface area contributed by atoms with Gasteiger partial charge in [-0.1, -0.05) is 26.7 Å². The van der Waals surface area contributed by atoms with Crippen LogP contribution in [-0.4, -0.2) is 59.6 Å². The molecule has 1 unspecified atom stereocenters. The Balaban J connectivity index is 2.59. The highest BCUT2D eigenvalue weighted by Crippen LogP contribution is 2.25. The molecule has 0 aliphatic carbocycles. The molecule has 0 spiro atoms. The number of nitrogens with zero attached hydrogens (tertiary/aromatic N) is 2. The van der Waals surface area contributed by atoms with Crippen LogP contribution in [-0.2, 0) is 4.79 Å². The second-order valence-electron chi connectivity index (χ2n) is 6.50. The number of carbonyl (C=O) groups excluding carboxylic acids is 1. The van der Waals surface area contributed by atoms with Crippen molar-refractivity contribution in [3.05, 3.63) is 0 Å². The first-order valence-electron chi connectivity index (χ1n) is 8.08. The molecule has 1 fully saturated rings. The van der Waals surface area contributed by atoms with Crippen LogP contribution in [0.25, 0.3) is 0 Å². The molecule has 1 rings (SSSR count). The van der Waals surface area contributed by atoms with Crippen molar-refractivity contribution >= 4 is 5.91 Å². The molecule has 0 aromatic rings. The number of likely N-dealkylation sites (N-methyl/N-ethyl adjacent to an activating group) is 1. The van der Waals surface area contributed by atoms with Gasteiger partial charge in [0.2, 0.25) is 5.91 Å². The Labute approximate surface area is 124 Å². The summed E-state index contributed by atoms with van der Waals surface area (Å²) in [6.07, 6.45) is 5.79. The summed E-state index contributed by atoms with van der Waals surface area (Å²) in [6, 6.07) is 0.457. The van der Waals surface area contributed by atoms with Gasteiger partial charge in [0, 0.05) is 19.1 Å². The number of hydrogen-bond acceptors (Lipinski definition) is 3. The topological polar surface area (TPSA) is 43.8 Å². The summed E-state index contributed by atoms with van der Waals surface area (Å²) in [6.45, 7) is 5.78. The first-order valence-corrected chi connectivity index (χ1v) is 8.08. The molecule has 4 nitrogen and oxygen atoms in total. The van der Waals surface area contributed by atoms with E-state index >= 15 is 0 Å². The summed E-state index contributed by atoms with van der Waals surface area (Å²) in [5, 5.41) is 10.6. The minimum Gasteiger partial charge on any atom is -0.389 e. The molecular weight excluding hydrogens is 252 g/mol. The highest BCUT2D eigenvalue weighted by molar-refractivity contribution is 5.77. The Morgan fingerprint density at radius 2 is 1.90 bits per heavy atom. The standard InChI is InChI=1S/C16H32N2O2/c1-5-9-16(20,10-6-2)12-15(19)18-11-7-8-14(13-18)17(3)4/h14,20H,5-13H2,1-4H3. The number of amides is 1. The van der Waals surface area contributed by atoms with Gasteiger partial charge in [0.15, 0.2) is 0 Å². The third-order valence-electron chi connectivity index (χ3n) is 4.39. The second-order valence-corrected chi connectivity index (χ2v) is 6.50. The van der Waals surface area contributed by atoms with E-state index in [0.717, 1.165) is 51.6 Å². The lowest BCUT2D eigenvalue weighted by Gasteiger charge is -2.38. The molecule has 1 N–H and O–H groups in total. The van der Waals surface area contributed by atoms with Gasteiger partial charge in [-0.25, -0.2) is 0 Å². The maximum Gasteiger partial charge on any atom is 0.225 e. The SMILES string of the molecule is CCCC(O)(CCC)CC(=O)N1CCCC(N(C)C)C1. The Kier molecular flexibility index (Phi) is 6.96. The molecule has 1 saturated heterocycles. The second kappa shape index (κ2) is 7.99. The molecule has 1 amide bonds. The summed E-state index contributed by atoms with van der Waals surface area (Å²) >= 11 is 0. The van der Waals surface area contributed by atoms with Crippen LogP contribution in [0, 0.1) is 0 Å². The van der Waals surface area contributed by atoms with E-state index in [9.17, 15) is 9.90 Å². The molecule has 0 bridgehead atoms. The lowest BCUT2D eigenvalue weighted by molar-refractivity contribution is -0.139. The zero-order chi connectivity index (χ0) is 15.2. The molecule has 1 aliphatic rings. The third-order valence-corrected chi connectivity index (χ3v) is 4.39. The molecule has 118 valence electrons. The summed E-state index contributed by atoms with van der Waals surface area (Å²) in [7, 11) is 4.15. The molecule has 1 aliphatic heterocycles. The van der Waals surface area contributed by atoms with E-state index in [-0.39, 0.29) is 12.3 Å². The third kappa shape index (κ3) is 5.06. The van der Waals surface area contributed by atoms with Gasteiger partial charge < -0.3 is 14.9 Å². The van der Waals surface area contributed by atoms with Crippen molar-refractivity contribution in [3.63, 3.8) is 0 Å². The maximum absolute atomic E-state index is 12.5. The maximum atomic E-state index is 12.5. The van der Waals surface area contributed by atoms with E-state index in [0.29, 0.717) is 6.04 Å². The summed E-state index contributed by atoms with van der Waals surface area (Å²) in [5.41, 5.74) is -0.800. The number of hydrogen-bond donors (Lipinski definition) is 1. The van der Waals surface area contributed by atoms with E-state index < -0.39 is 5.60 Å². The lowest BCUT2D eigenvalue weighted by atomic mass is 9.88. The highest BCUT2D eigenvalue weighted by atomic mass is 16.3. The van der Waals surface area contributed by atoms with Crippen LogP contribution in [0.1, 0.15) is 58.8 Å². The number of carbonyl (C=O) groups is 1. The Morgan fingerprint density at radius 1 is 1.30 bits per heavy atom. The Hall–Kier alpha value is -0.610. The molecular formula is C16H32N2O2. The predicted molar refractivity (Wildman–Crippen MR) is 82.7 cm³/mol. The van der Waals surface area contributed by atoms with E-state index in [2.05, 4.69) is 32.8 Å². The minimum atomic E-state index is -0.800. The molecule has 20 heavy (non-hydrogen) atoms. The first-order chi connectivity index (χ1) is 9.41. The summed E-state index contributed by atoms with van der Waals surface area (Å²) in [4.78, 5) is 16.6. The fraction of sp³-hybridized carbons (Fsp3) is 0.938. The molecule has 0 aromatic carbocycles. The van der Waals surface area contributed by atoms with Crippen LogP contribution >= 0.6 is 0 Å². The van der Waals surface area contributed by atoms with Gasteiger partial charge in [-0.3, -0.25) is 4.79 Å². The van der Waals surface area contributed by atoms with Gasteiger partial charge in [-0.2, -0.15) is 0 Å². The first kappa shape index (κ1) is 17.4. The fourth-order valence-electron chi connectivity index (χ4n) is 3.23. The van der Waals surface area contributed by atoms with Gasteiger partial charge >= 0.3 is 0 Å². The Bertz CT molecular complexity index is 299. The number of likely N-dealkylation sites (tertiary alicyclic amines) is 1. The van der Waals surface area contributed by atoms with E-state index in [1.165, 1.54) is 0 Å². The van der Waals surface area contributed by atoms with Gasteiger partial charge in [-0.05, 0) is 39.8 Å². The van der Waals surface area contributed by atoms with Crippen LogP contribution in [0.2, 0.25) is 0 Å². The summed E-state index contributed by atoms with van der Waals surface area (Å²) < 4.78 is 0. The normalized spacial score (nSPS) is 20.5. The zero-order valence-electron chi connectivity index (χ0n) is 13.7. The van der Waals surface area contributed by atoms with E-state index in [4.69, 9.17) is 0 Å². The van der Waals surface area contributed by atoms with Crippen LogP contribution < -0.4 is 0 Å². The minimum absolute atomic E-state index is 0.126. The molecule has 1 atom stereocenters. The van der Waals surface area contributed by atoms with Crippen LogP contribution in [0.4, 0.5) is 0 Å². The Morgan fingerprint density at radius 3 is 2.40 bits per heavy atom. The van der Waals surface area contributed by atoms with Crippen molar-refractivity contribution in [1.82, 2.24) is 9.80 Å². The van der Waals surface area contributed by atoms with Crippen LogP contribution in [0.3, 0.4) is 0 Å². The molecule has 1 heterocycles. The predicted octanol–water partition coefficient (Wildman–Crippen LogP) is 2.26. The van der Waals surface area contributed by atoms with Crippen molar-refractivity contribution in [1.29, 1.82) is 0 Å². The molecule has 4 heteroatoms. The summed E-state index contributed by atoms with van der Waals surface area (Å²) in [5.74, 6) is 0.126. The van der Waals surface area contributed by atoms with Gasteiger partial charge in [-0.15, -0.1) is 0 Å². The lowest BCUT2D eigenvalue weighted by Crippen LogP contribution is -2.49. The van der Waals surface area contributed by atoms with Crippen LogP contribution in [0.15, 0.2) is 0 Å². The molecule has 0 saturated carbocycles. The largest absolute Gasteiger partial charge is 0.389 e. The average Bonchev–Trinajstić information content (AvgIpc) is 2.39. The van der Waals surface area contributed by atoms with E-state index in [1.54, 1.807) is 0 Å². The number of piperidine rings is 1. The van der Waals surface area contributed by atoms with E-state index in [1.807, 2.05) is 4.90 Å². The van der Waals surface area contributed by atoms with Crippen molar-refractivity contribution in [2.24, 2.45) is 0 Å². The van der Waals surface area contributed by atoms with Crippen LogP contribution in [0.5, 0.6) is 0 Å². The average molecular weight is 284 g/mol. The van der Waals surface area contributed by atoms with Gasteiger partial charge in [0.1, 0.15) is 0 Å².